The van der Waals surface area contributed by atoms with Crippen LogP contribution in [0.5, 0.6) is 0 Å². The fourth-order valence-corrected chi connectivity index (χ4v) is 1.40. The van der Waals surface area contributed by atoms with Gasteiger partial charge in [-0.1, -0.05) is 5.92 Å². The van der Waals surface area contributed by atoms with Crippen LogP contribution in [0.25, 0.3) is 5.65 Å². The summed E-state index contributed by atoms with van der Waals surface area (Å²) in [6, 6.07) is 3.59. The molecule has 2 rings (SSSR count). The Hall–Kier alpha value is -2.28. The van der Waals surface area contributed by atoms with E-state index in [1.165, 1.54) is 6.92 Å². The summed E-state index contributed by atoms with van der Waals surface area (Å²) in [5.74, 6) is 2.39. The summed E-state index contributed by atoms with van der Waals surface area (Å²) in [5, 5.41) is 2.69. The smallest absolute Gasteiger partial charge is 0.221 e. The van der Waals surface area contributed by atoms with E-state index in [9.17, 15) is 4.79 Å². The molecule has 0 aromatic carbocycles. The number of aromatic nitrogens is 2. The van der Waals surface area contributed by atoms with Crippen LogP contribution in [0.4, 0.5) is 5.69 Å². The quantitative estimate of drug-likeness (QED) is 0.703. The second-order valence-corrected chi connectivity index (χ2v) is 3.08. The lowest BCUT2D eigenvalue weighted by Gasteiger charge is -2.03. The van der Waals surface area contributed by atoms with Crippen molar-refractivity contribution in [1.82, 2.24) is 9.38 Å². The number of pyridine rings is 1. The highest BCUT2D eigenvalue weighted by molar-refractivity contribution is 5.92. The summed E-state index contributed by atoms with van der Waals surface area (Å²) in [4.78, 5) is 15.1. The van der Waals surface area contributed by atoms with Crippen molar-refractivity contribution in [2.75, 3.05) is 5.32 Å². The molecule has 0 saturated carbocycles. The van der Waals surface area contributed by atoms with Gasteiger partial charge >= 0.3 is 0 Å². The number of anilines is 1. The second-order valence-electron chi connectivity index (χ2n) is 3.08. The summed E-state index contributed by atoms with van der Waals surface area (Å²) in [6.07, 6.45) is 8.72. The Morgan fingerprint density at radius 2 is 2.47 bits per heavy atom. The molecule has 0 bridgehead atoms. The van der Waals surface area contributed by atoms with Gasteiger partial charge in [0, 0.05) is 13.1 Å². The summed E-state index contributed by atoms with van der Waals surface area (Å²) in [5.41, 5.74) is 1.98. The van der Waals surface area contributed by atoms with Crippen molar-refractivity contribution in [3.05, 3.63) is 30.2 Å². The first-order valence-electron chi connectivity index (χ1n) is 4.42. The highest BCUT2D eigenvalue weighted by Gasteiger charge is 2.06. The molecule has 1 N–H and O–H groups in total. The van der Waals surface area contributed by atoms with Crippen LogP contribution < -0.4 is 5.32 Å². The average molecular weight is 199 g/mol. The van der Waals surface area contributed by atoms with E-state index in [1.807, 2.05) is 6.20 Å². The maximum Gasteiger partial charge on any atom is 0.221 e. The molecule has 1 amide bonds. The summed E-state index contributed by atoms with van der Waals surface area (Å²) < 4.78 is 1.76. The van der Waals surface area contributed by atoms with Gasteiger partial charge in [0.05, 0.1) is 11.9 Å². The van der Waals surface area contributed by atoms with Crippen molar-refractivity contribution in [3.63, 3.8) is 0 Å². The molecule has 0 fully saturated rings. The minimum atomic E-state index is -0.131. The Morgan fingerprint density at radius 3 is 3.13 bits per heavy atom. The van der Waals surface area contributed by atoms with Crippen molar-refractivity contribution >= 4 is 17.2 Å². The van der Waals surface area contributed by atoms with Gasteiger partial charge in [0.15, 0.2) is 5.65 Å². The standard InChI is InChI=1S/C11H9N3O/c1-3-9-7-12-11-10(13-8(2)15)5-4-6-14(9)11/h1,4-7H,2H3,(H,13,15). The predicted molar refractivity (Wildman–Crippen MR) is 57.4 cm³/mol. The molecule has 0 aliphatic rings. The zero-order chi connectivity index (χ0) is 10.8. The maximum atomic E-state index is 10.9. The first kappa shape index (κ1) is 9.28. The molecule has 2 aromatic rings. The molecule has 0 radical (unpaired) electrons. The van der Waals surface area contributed by atoms with Crippen LogP contribution in [-0.2, 0) is 4.79 Å². The average Bonchev–Trinajstić information content (AvgIpc) is 2.61. The van der Waals surface area contributed by atoms with E-state index in [2.05, 4.69) is 16.2 Å². The van der Waals surface area contributed by atoms with E-state index in [4.69, 9.17) is 6.42 Å². The van der Waals surface area contributed by atoms with Crippen LogP contribution in [-0.4, -0.2) is 15.3 Å². The number of rotatable bonds is 1. The fraction of sp³-hybridized carbons (Fsp3) is 0.0909. The molecule has 0 atom stereocenters. The van der Waals surface area contributed by atoms with Crippen LogP contribution >= 0.6 is 0 Å². The van der Waals surface area contributed by atoms with E-state index in [0.29, 0.717) is 17.0 Å². The predicted octanol–water partition coefficient (Wildman–Crippen LogP) is 1.27. The molecule has 0 unspecified atom stereocenters. The molecule has 15 heavy (non-hydrogen) atoms. The number of nitrogens with zero attached hydrogens (tertiary/aromatic N) is 2. The van der Waals surface area contributed by atoms with Crippen molar-refractivity contribution in [2.24, 2.45) is 0 Å². The minimum Gasteiger partial charge on any atom is -0.323 e. The number of carbonyl (C=O) groups is 1. The third kappa shape index (κ3) is 1.55. The van der Waals surface area contributed by atoms with Crippen LogP contribution in [0, 0.1) is 12.3 Å². The third-order valence-corrected chi connectivity index (χ3v) is 1.99. The van der Waals surface area contributed by atoms with Gasteiger partial charge < -0.3 is 5.32 Å². The molecule has 2 aromatic heterocycles. The van der Waals surface area contributed by atoms with Crippen molar-refractivity contribution < 1.29 is 4.79 Å². The zero-order valence-corrected chi connectivity index (χ0v) is 8.19. The van der Waals surface area contributed by atoms with Crippen molar-refractivity contribution in [1.29, 1.82) is 0 Å². The Bertz CT molecular complexity index is 563. The molecule has 0 spiro atoms. The van der Waals surface area contributed by atoms with Crippen molar-refractivity contribution in [3.8, 4) is 12.3 Å². The monoisotopic (exact) mass is 199 g/mol. The highest BCUT2D eigenvalue weighted by atomic mass is 16.1. The van der Waals surface area contributed by atoms with E-state index < -0.39 is 0 Å². The van der Waals surface area contributed by atoms with Crippen LogP contribution in [0.15, 0.2) is 24.5 Å². The number of hydrogen-bond donors (Lipinski definition) is 1. The second kappa shape index (κ2) is 3.46. The van der Waals surface area contributed by atoms with Crippen molar-refractivity contribution in [2.45, 2.75) is 6.92 Å². The molecule has 2 heterocycles. The number of hydrogen-bond acceptors (Lipinski definition) is 2. The molecule has 0 aliphatic carbocycles. The normalized spacial score (nSPS) is 9.87. The maximum absolute atomic E-state index is 10.9. The molecule has 0 saturated heterocycles. The largest absolute Gasteiger partial charge is 0.323 e. The third-order valence-electron chi connectivity index (χ3n) is 1.99. The highest BCUT2D eigenvalue weighted by Crippen LogP contribution is 2.16. The van der Waals surface area contributed by atoms with Crippen LogP contribution in [0.2, 0.25) is 0 Å². The Kier molecular flexibility index (Phi) is 2.14. The van der Waals surface area contributed by atoms with Crippen LogP contribution in [0.3, 0.4) is 0 Å². The minimum absolute atomic E-state index is 0.131. The van der Waals surface area contributed by atoms with Gasteiger partial charge in [0.25, 0.3) is 0 Å². The summed E-state index contributed by atoms with van der Waals surface area (Å²) in [7, 11) is 0. The van der Waals surface area contributed by atoms with E-state index in [1.54, 1.807) is 22.7 Å². The zero-order valence-electron chi connectivity index (χ0n) is 8.19. The van der Waals surface area contributed by atoms with Gasteiger partial charge in [-0.05, 0) is 12.1 Å². The number of carbonyl (C=O) groups excluding carboxylic acids is 1. The Balaban J connectivity index is 2.63. The number of nitrogens with one attached hydrogen (secondary N) is 1. The van der Waals surface area contributed by atoms with Crippen LogP contribution in [0.1, 0.15) is 12.6 Å². The summed E-state index contributed by atoms with van der Waals surface area (Å²) >= 11 is 0. The molecule has 4 nitrogen and oxygen atoms in total. The van der Waals surface area contributed by atoms with Gasteiger partial charge in [-0.3, -0.25) is 9.20 Å². The molecule has 4 heteroatoms. The molecule has 74 valence electrons. The lowest BCUT2D eigenvalue weighted by atomic mass is 10.4. The molecular formula is C11H9N3O. The Labute approximate surface area is 86.9 Å². The number of fused-ring (bicyclic) bond motifs is 1. The first-order valence-corrected chi connectivity index (χ1v) is 4.42. The topological polar surface area (TPSA) is 46.4 Å². The number of terminal acetylenes is 1. The van der Waals surface area contributed by atoms with Gasteiger partial charge in [-0.25, -0.2) is 4.98 Å². The summed E-state index contributed by atoms with van der Waals surface area (Å²) in [6.45, 7) is 1.45. The SMILES string of the molecule is C#Cc1cnc2c(NC(C)=O)cccn12. The molecule has 0 aliphatic heterocycles. The lowest BCUT2D eigenvalue weighted by molar-refractivity contribution is -0.114. The molecular weight excluding hydrogens is 190 g/mol. The van der Waals surface area contributed by atoms with Gasteiger partial charge in [-0.2, -0.15) is 0 Å². The first-order chi connectivity index (χ1) is 7.22. The fourth-order valence-electron chi connectivity index (χ4n) is 1.40. The van der Waals surface area contributed by atoms with Gasteiger partial charge in [-0.15, -0.1) is 6.42 Å². The van der Waals surface area contributed by atoms with E-state index in [0.717, 1.165) is 0 Å². The number of imidazole rings is 1. The lowest BCUT2D eigenvalue weighted by Crippen LogP contribution is -2.07. The number of amides is 1. The van der Waals surface area contributed by atoms with E-state index >= 15 is 0 Å². The van der Waals surface area contributed by atoms with Gasteiger partial charge in [0.1, 0.15) is 5.69 Å². The Morgan fingerprint density at radius 1 is 1.67 bits per heavy atom. The van der Waals surface area contributed by atoms with E-state index in [-0.39, 0.29) is 5.91 Å². The van der Waals surface area contributed by atoms with Gasteiger partial charge in [0.2, 0.25) is 5.91 Å².